The molecule has 21 heavy (non-hydrogen) atoms. The van der Waals surface area contributed by atoms with E-state index in [-0.39, 0.29) is 5.92 Å². The smallest absolute Gasteiger partial charge is 0.343 e. The summed E-state index contributed by atoms with van der Waals surface area (Å²) in [5.74, 6) is -0.222. The molecule has 3 nitrogen and oxygen atoms in total. The molecule has 0 N–H and O–H groups in total. The summed E-state index contributed by atoms with van der Waals surface area (Å²) in [7, 11) is 0. The second-order valence-corrected chi connectivity index (χ2v) is 5.54. The van der Waals surface area contributed by atoms with Crippen LogP contribution in [0, 0.1) is 0 Å². The first-order chi connectivity index (χ1) is 9.85. The Morgan fingerprint density at radius 1 is 1.33 bits per heavy atom. The lowest BCUT2D eigenvalue weighted by molar-refractivity contribution is -0.149. The highest BCUT2D eigenvalue weighted by molar-refractivity contribution is 6.29. The fourth-order valence-electron chi connectivity index (χ4n) is 2.48. The van der Waals surface area contributed by atoms with Gasteiger partial charge in [-0.15, -0.1) is 0 Å². The van der Waals surface area contributed by atoms with Gasteiger partial charge in [-0.05, 0) is 25.0 Å². The van der Waals surface area contributed by atoms with Crippen LogP contribution in [0.5, 0.6) is 0 Å². The highest BCUT2D eigenvalue weighted by Crippen LogP contribution is 2.28. The van der Waals surface area contributed by atoms with Gasteiger partial charge in [-0.25, -0.2) is 4.98 Å². The lowest BCUT2D eigenvalue weighted by atomic mass is 9.93. The van der Waals surface area contributed by atoms with Crippen LogP contribution in [-0.2, 0) is 4.79 Å². The molecule has 0 aromatic carbocycles. The molecule has 0 saturated carbocycles. The van der Waals surface area contributed by atoms with Crippen molar-refractivity contribution in [3.05, 3.63) is 29.0 Å². The van der Waals surface area contributed by atoms with Crippen molar-refractivity contribution in [1.82, 2.24) is 9.88 Å². The Labute approximate surface area is 126 Å². The molecule has 0 unspecified atom stereocenters. The van der Waals surface area contributed by atoms with E-state index in [2.05, 4.69) is 4.98 Å². The summed E-state index contributed by atoms with van der Waals surface area (Å²) in [5.41, 5.74) is 0.880. The molecule has 1 fully saturated rings. The minimum Gasteiger partial charge on any atom is -0.343 e. The Balaban J connectivity index is 1.84. The number of likely N-dealkylation sites (tertiary alicyclic amines) is 1. The Hall–Kier alpha value is -1.30. The predicted octanol–water partition coefficient (Wildman–Crippen LogP) is 3.78. The van der Waals surface area contributed by atoms with Crippen LogP contribution >= 0.6 is 11.6 Å². The first-order valence-electron chi connectivity index (χ1n) is 6.82. The number of piperidine rings is 1. The Morgan fingerprint density at radius 2 is 2.00 bits per heavy atom. The molecule has 1 amide bonds. The summed E-state index contributed by atoms with van der Waals surface area (Å²) < 4.78 is 36.3. The van der Waals surface area contributed by atoms with E-state index in [4.69, 9.17) is 11.6 Å². The van der Waals surface area contributed by atoms with Crippen molar-refractivity contribution >= 4 is 17.5 Å². The number of aromatic nitrogens is 1. The average Bonchev–Trinajstić information content (AvgIpc) is 2.44. The summed E-state index contributed by atoms with van der Waals surface area (Å²) in [6.45, 7) is 0.936. The molecule has 1 aliphatic rings. The second kappa shape index (κ2) is 6.64. The van der Waals surface area contributed by atoms with Crippen molar-refractivity contribution in [1.29, 1.82) is 0 Å². The van der Waals surface area contributed by atoms with Crippen molar-refractivity contribution < 1.29 is 18.0 Å². The van der Waals surface area contributed by atoms with E-state index in [0.717, 1.165) is 5.69 Å². The van der Waals surface area contributed by atoms with Crippen LogP contribution in [-0.4, -0.2) is 35.1 Å². The van der Waals surface area contributed by atoms with Crippen LogP contribution < -0.4 is 0 Å². The summed E-state index contributed by atoms with van der Waals surface area (Å²) in [6, 6.07) is 5.41. The predicted molar refractivity (Wildman–Crippen MR) is 73.1 cm³/mol. The van der Waals surface area contributed by atoms with Crippen molar-refractivity contribution in [3.8, 4) is 0 Å². The largest absolute Gasteiger partial charge is 0.389 e. The molecule has 116 valence electrons. The summed E-state index contributed by atoms with van der Waals surface area (Å²) in [6.07, 6.45) is -4.40. The molecule has 2 rings (SSSR count). The number of carbonyl (C=O) groups is 1. The molecule has 0 radical (unpaired) electrons. The third kappa shape index (κ3) is 4.88. The van der Waals surface area contributed by atoms with Gasteiger partial charge in [0.25, 0.3) is 0 Å². The average molecular weight is 321 g/mol. The second-order valence-electron chi connectivity index (χ2n) is 5.16. The highest BCUT2D eigenvalue weighted by Gasteiger charge is 2.30. The van der Waals surface area contributed by atoms with Gasteiger partial charge in [-0.3, -0.25) is 4.79 Å². The van der Waals surface area contributed by atoms with Gasteiger partial charge < -0.3 is 4.90 Å². The van der Waals surface area contributed by atoms with Gasteiger partial charge in [-0.2, -0.15) is 13.2 Å². The first-order valence-corrected chi connectivity index (χ1v) is 7.20. The van der Waals surface area contributed by atoms with E-state index in [1.54, 1.807) is 6.07 Å². The summed E-state index contributed by atoms with van der Waals surface area (Å²) in [5, 5.41) is 0.427. The molecule has 1 saturated heterocycles. The quantitative estimate of drug-likeness (QED) is 0.794. The number of rotatable bonds is 3. The van der Waals surface area contributed by atoms with Gasteiger partial charge in [0.2, 0.25) is 5.91 Å². The Bertz CT molecular complexity index is 499. The lowest BCUT2D eigenvalue weighted by Crippen LogP contribution is -2.38. The lowest BCUT2D eigenvalue weighted by Gasteiger charge is -2.32. The fourth-order valence-corrected chi connectivity index (χ4v) is 2.65. The van der Waals surface area contributed by atoms with Crippen LogP contribution in [0.3, 0.4) is 0 Å². The summed E-state index contributed by atoms with van der Waals surface area (Å²) >= 11 is 5.84. The normalized spacial score (nSPS) is 17.0. The minimum absolute atomic E-state index is 0.204. The molecule has 1 aromatic rings. The molecule has 2 heterocycles. The molecule has 1 aromatic heterocycles. The van der Waals surface area contributed by atoms with Crippen molar-refractivity contribution in [2.24, 2.45) is 0 Å². The zero-order valence-electron chi connectivity index (χ0n) is 11.4. The molecule has 0 spiro atoms. The third-order valence-electron chi connectivity index (χ3n) is 3.62. The number of hydrogen-bond acceptors (Lipinski definition) is 2. The topological polar surface area (TPSA) is 33.2 Å². The zero-order valence-corrected chi connectivity index (χ0v) is 12.1. The maximum atomic E-state index is 12.1. The van der Waals surface area contributed by atoms with Crippen molar-refractivity contribution in [2.45, 2.75) is 37.8 Å². The van der Waals surface area contributed by atoms with Gasteiger partial charge in [0.1, 0.15) is 5.15 Å². The van der Waals surface area contributed by atoms with Crippen molar-refractivity contribution in [2.75, 3.05) is 13.1 Å². The van der Waals surface area contributed by atoms with E-state index in [0.29, 0.717) is 31.1 Å². The molecule has 1 aliphatic heterocycles. The molecular weight excluding hydrogens is 305 g/mol. The highest BCUT2D eigenvalue weighted by atomic mass is 35.5. The van der Waals surface area contributed by atoms with Crippen LogP contribution in [0.1, 0.15) is 37.3 Å². The molecule has 0 atom stereocenters. The fraction of sp³-hybridized carbons (Fsp3) is 0.571. The van der Waals surface area contributed by atoms with E-state index >= 15 is 0 Å². The van der Waals surface area contributed by atoms with E-state index < -0.39 is 24.9 Å². The van der Waals surface area contributed by atoms with E-state index in [1.165, 1.54) is 4.90 Å². The van der Waals surface area contributed by atoms with Crippen LogP contribution in [0.2, 0.25) is 5.15 Å². The van der Waals surface area contributed by atoms with E-state index in [9.17, 15) is 18.0 Å². The first kappa shape index (κ1) is 16.1. The molecule has 0 aliphatic carbocycles. The van der Waals surface area contributed by atoms with Gasteiger partial charge in [0.15, 0.2) is 0 Å². The maximum absolute atomic E-state index is 12.1. The Kier molecular flexibility index (Phi) is 5.08. The third-order valence-corrected chi connectivity index (χ3v) is 3.84. The van der Waals surface area contributed by atoms with Crippen molar-refractivity contribution in [3.63, 3.8) is 0 Å². The van der Waals surface area contributed by atoms with Gasteiger partial charge in [0.05, 0.1) is 6.42 Å². The Morgan fingerprint density at radius 3 is 2.57 bits per heavy atom. The molecule has 7 heteroatoms. The van der Waals surface area contributed by atoms with E-state index in [1.807, 2.05) is 12.1 Å². The number of pyridine rings is 1. The maximum Gasteiger partial charge on any atom is 0.389 e. The SMILES string of the molecule is O=C(CCC(F)(F)F)N1CCC(c2cccc(Cl)n2)CC1. The number of hydrogen-bond donors (Lipinski definition) is 0. The van der Waals surface area contributed by atoms with Gasteiger partial charge in [0, 0.05) is 31.1 Å². The molecular formula is C14H16ClF3N2O. The number of alkyl halides is 3. The van der Waals surface area contributed by atoms with Crippen LogP contribution in [0.4, 0.5) is 13.2 Å². The number of nitrogens with zero attached hydrogens (tertiary/aromatic N) is 2. The van der Waals surface area contributed by atoms with Gasteiger partial charge >= 0.3 is 6.18 Å². The zero-order chi connectivity index (χ0) is 15.5. The van der Waals surface area contributed by atoms with Crippen LogP contribution in [0.15, 0.2) is 18.2 Å². The number of carbonyl (C=O) groups excluding carboxylic acids is 1. The standard InChI is InChI=1S/C14H16ClF3N2O/c15-12-3-1-2-11(19-12)10-5-8-20(9-6-10)13(21)4-7-14(16,17)18/h1-3,10H,4-9H2. The monoisotopic (exact) mass is 320 g/mol. The minimum atomic E-state index is -4.28. The van der Waals surface area contributed by atoms with Crippen LogP contribution in [0.25, 0.3) is 0 Å². The number of amides is 1. The molecule has 0 bridgehead atoms. The summed E-state index contributed by atoms with van der Waals surface area (Å²) in [4.78, 5) is 17.5. The van der Waals surface area contributed by atoms with Gasteiger partial charge in [-0.1, -0.05) is 17.7 Å². The number of halogens is 4.